The number of rotatable bonds is 3. The Morgan fingerprint density at radius 2 is 1.58 bits per heavy atom. The van der Waals surface area contributed by atoms with Crippen LogP contribution in [0.15, 0.2) is 66.9 Å². The van der Waals surface area contributed by atoms with Gasteiger partial charge in [0.1, 0.15) is 6.17 Å². The largest absolute Gasteiger partial charge is 0.354 e. The van der Waals surface area contributed by atoms with E-state index in [-0.39, 0.29) is 6.17 Å². The van der Waals surface area contributed by atoms with Gasteiger partial charge >= 0.3 is 0 Å². The Morgan fingerprint density at radius 3 is 2.37 bits per heavy atom. The third kappa shape index (κ3) is 2.10. The zero-order valence-electron chi connectivity index (χ0n) is 11.3. The van der Waals surface area contributed by atoms with Crippen molar-refractivity contribution < 1.29 is 0 Å². The fourth-order valence-electron chi connectivity index (χ4n) is 2.50. The van der Waals surface area contributed by atoms with Gasteiger partial charge in [-0.1, -0.05) is 36.4 Å². The molecule has 1 atom stereocenters. The van der Waals surface area contributed by atoms with Gasteiger partial charge in [0.15, 0.2) is 0 Å². The van der Waals surface area contributed by atoms with Gasteiger partial charge in [-0.25, -0.2) is 0 Å². The summed E-state index contributed by atoms with van der Waals surface area (Å²) in [4.78, 5) is 2.28. The van der Waals surface area contributed by atoms with Crippen molar-refractivity contribution in [3.05, 3.63) is 66.9 Å². The van der Waals surface area contributed by atoms with E-state index < -0.39 is 0 Å². The molecule has 0 aliphatic carbocycles. The Bertz CT molecular complexity index is 670. The van der Waals surface area contributed by atoms with Gasteiger partial charge in [0.2, 0.25) is 0 Å². The van der Waals surface area contributed by atoms with Crippen LogP contribution in [-0.4, -0.2) is 11.6 Å². The van der Waals surface area contributed by atoms with Crippen LogP contribution >= 0.6 is 0 Å². The zero-order chi connectivity index (χ0) is 13.2. The quantitative estimate of drug-likeness (QED) is 0.673. The first-order valence-electron chi connectivity index (χ1n) is 6.61. The Balaban J connectivity index is 1.98. The van der Waals surface area contributed by atoms with Gasteiger partial charge in [0, 0.05) is 24.4 Å². The summed E-state index contributed by atoms with van der Waals surface area (Å²) in [5, 5.41) is 1.29. The third-order valence-electron chi connectivity index (χ3n) is 3.76. The summed E-state index contributed by atoms with van der Waals surface area (Å²) in [6, 6.07) is 21.2. The molecule has 2 aromatic carbocycles. The second-order valence-electron chi connectivity index (χ2n) is 4.86. The Labute approximate surface area is 113 Å². The lowest BCUT2D eigenvalue weighted by molar-refractivity contribution is 0.555. The minimum Gasteiger partial charge on any atom is -0.354 e. The van der Waals surface area contributed by atoms with Crippen LogP contribution in [0.5, 0.6) is 0 Å². The molecule has 0 saturated carbocycles. The SMILES string of the molecule is CC(N(C)c1ccccc1)n1ccc2ccccc21. The molecule has 1 unspecified atom stereocenters. The first-order chi connectivity index (χ1) is 9.27. The highest BCUT2D eigenvalue weighted by Crippen LogP contribution is 2.25. The van der Waals surface area contributed by atoms with Crippen LogP contribution in [-0.2, 0) is 0 Å². The van der Waals surface area contributed by atoms with E-state index in [1.807, 2.05) is 6.07 Å². The Hall–Kier alpha value is -2.22. The van der Waals surface area contributed by atoms with E-state index in [1.165, 1.54) is 16.6 Å². The van der Waals surface area contributed by atoms with E-state index in [9.17, 15) is 0 Å². The average molecular weight is 250 g/mol. The number of aromatic nitrogens is 1. The van der Waals surface area contributed by atoms with Crippen LogP contribution < -0.4 is 4.90 Å². The number of fused-ring (bicyclic) bond motifs is 1. The number of anilines is 1. The monoisotopic (exact) mass is 250 g/mol. The lowest BCUT2D eigenvalue weighted by atomic mass is 10.2. The molecular weight excluding hydrogens is 232 g/mol. The number of hydrogen-bond acceptors (Lipinski definition) is 1. The number of para-hydroxylation sites is 2. The lowest BCUT2D eigenvalue weighted by Crippen LogP contribution is -2.26. The number of benzene rings is 2. The molecule has 0 spiro atoms. The van der Waals surface area contributed by atoms with E-state index in [0.29, 0.717) is 0 Å². The highest BCUT2D eigenvalue weighted by molar-refractivity contribution is 5.80. The van der Waals surface area contributed by atoms with Crippen LogP contribution in [0.3, 0.4) is 0 Å². The van der Waals surface area contributed by atoms with E-state index >= 15 is 0 Å². The van der Waals surface area contributed by atoms with Crippen LogP contribution in [0.25, 0.3) is 10.9 Å². The van der Waals surface area contributed by atoms with Crippen LogP contribution in [0.2, 0.25) is 0 Å². The molecule has 1 heterocycles. The fourth-order valence-corrected chi connectivity index (χ4v) is 2.50. The first-order valence-corrected chi connectivity index (χ1v) is 6.61. The second-order valence-corrected chi connectivity index (χ2v) is 4.86. The van der Waals surface area contributed by atoms with Gasteiger partial charge in [0.25, 0.3) is 0 Å². The summed E-state index contributed by atoms with van der Waals surface area (Å²) in [5.74, 6) is 0. The topological polar surface area (TPSA) is 8.17 Å². The molecule has 0 saturated heterocycles. The molecule has 0 radical (unpaired) electrons. The van der Waals surface area contributed by atoms with E-state index in [0.717, 1.165) is 0 Å². The maximum Gasteiger partial charge on any atom is 0.103 e. The number of hydrogen-bond donors (Lipinski definition) is 0. The molecule has 3 rings (SSSR count). The van der Waals surface area contributed by atoms with Crippen molar-refractivity contribution in [3.8, 4) is 0 Å². The molecule has 0 fully saturated rings. The molecule has 0 bridgehead atoms. The molecule has 2 heteroatoms. The van der Waals surface area contributed by atoms with Gasteiger partial charge in [-0.15, -0.1) is 0 Å². The molecule has 0 amide bonds. The normalized spacial score (nSPS) is 12.5. The summed E-state index contributed by atoms with van der Waals surface area (Å²) in [7, 11) is 2.13. The molecule has 96 valence electrons. The van der Waals surface area contributed by atoms with Crippen molar-refractivity contribution in [1.29, 1.82) is 0 Å². The van der Waals surface area contributed by atoms with Crippen molar-refractivity contribution in [2.24, 2.45) is 0 Å². The molecule has 0 N–H and O–H groups in total. The summed E-state index contributed by atoms with van der Waals surface area (Å²) < 4.78 is 2.31. The summed E-state index contributed by atoms with van der Waals surface area (Å²) in [6.45, 7) is 2.22. The van der Waals surface area contributed by atoms with Crippen LogP contribution in [0.4, 0.5) is 5.69 Å². The summed E-state index contributed by atoms with van der Waals surface area (Å²) in [6.07, 6.45) is 2.44. The average Bonchev–Trinajstić information content (AvgIpc) is 2.90. The maximum atomic E-state index is 2.31. The predicted octanol–water partition coefficient (Wildman–Crippen LogP) is 4.30. The van der Waals surface area contributed by atoms with Gasteiger partial charge in [-0.2, -0.15) is 0 Å². The Morgan fingerprint density at radius 1 is 0.895 bits per heavy atom. The van der Waals surface area contributed by atoms with Crippen molar-refractivity contribution in [3.63, 3.8) is 0 Å². The Kier molecular flexibility index (Phi) is 3.00. The molecule has 19 heavy (non-hydrogen) atoms. The highest BCUT2D eigenvalue weighted by Gasteiger charge is 2.13. The van der Waals surface area contributed by atoms with Crippen LogP contribution in [0.1, 0.15) is 13.1 Å². The summed E-state index contributed by atoms with van der Waals surface area (Å²) in [5.41, 5.74) is 2.51. The second kappa shape index (κ2) is 4.81. The van der Waals surface area contributed by atoms with Gasteiger partial charge < -0.3 is 9.47 Å². The molecule has 0 aliphatic heterocycles. The number of nitrogens with zero attached hydrogens (tertiary/aromatic N) is 2. The van der Waals surface area contributed by atoms with E-state index in [4.69, 9.17) is 0 Å². The van der Waals surface area contributed by atoms with E-state index in [1.54, 1.807) is 0 Å². The lowest BCUT2D eigenvalue weighted by Gasteiger charge is -2.29. The predicted molar refractivity (Wildman–Crippen MR) is 81.5 cm³/mol. The molecule has 2 nitrogen and oxygen atoms in total. The van der Waals surface area contributed by atoms with Crippen molar-refractivity contribution in [2.75, 3.05) is 11.9 Å². The third-order valence-corrected chi connectivity index (χ3v) is 3.76. The van der Waals surface area contributed by atoms with Crippen LogP contribution in [0, 0.1) is 0 Å². The fraction of sp³-hybridized carbons (Fsp3) is 0.176. The van der Waals surface area contributed by atoms with Crippen molar-refractivity contribution in [1.82, 2.24) is 4.57 Å². The molecule has 3 aromatic rings. The standard InChI is InChI=1S/C17H18N2/c1-14(18(2)16-9-4-3-5-10-16)19-13-12-15-8-6-7-11-17(15)19/h3-14H,1-2H3. The van der Waals surface area contributed by atoms with Crippen molar-refractivity contribution >= 4 is 16.6 Å². The zero-order valence-corrected chi connectivity index (χ0v) is 11.3. The minimum absolute atomic E-state index is 0.280. The van der Waals surface area contributed by atoms with E-state index in [2.05, 4.69) is 84.2 Å². The smallest absolute Gasteiger partial charge is 0.103 e. The molecule has 0 aliphatic rings. The van der Waals surface area contributed by atoms with Gasteiger partial charge in [-0.3, -0.25) is 0 Å². The minimum atomic E-state index is 0.280. The maximum absolute atomic E-state index is 2.31. The molecular formula is C17H18N2. The van der Waals surface area contributed by atoms with Crippen molar-refractivity contribution in [2.45, 2.75) is 13.1 Å². The highest BCUT2D eigenvalue weighted by atomic mass is 15.3. The van der Waals surface area contributed by atoms with Gasteiger partial charge in [-0.05, 0) is 36.6 Å². The summed E-state index contributed by atoms with van der Waals surface area (Å²) >= 11 is 0. The van der Waals surface area contributed by atoms with Gasteiger partial charge in [0.05, 0.1) is 0 Å². The first kappa shape index (κ1) is 11.8. The molecule has 1 aromatic heterocycles.